The molecule has 1 heterocycles. The van der Waals surface area contributed by atoms with Gasteiger partial charge < -0.3 is 4.48 Å². The highest BCUT2D eigenvalue weighted by atomic mass is 16.1. The number of fused-ring (bicyclic) bond motifs is 1. The van der Waals surface area contributed by atoms with Crippen LogP contribution in [0.1, 0.15) is 12.1 Å². The van der Waals surface area contributed by atoms with Gasteiger partial charge in [-0.05, 0) is 24.6 Å². The molecule has 0 atom stereocenters. The van der Waals surface area contributed by atoms with Crippen LogP contribution < -0.4 is 16.0 Å². The van der Waals surface area contributed by atoms with Gasteiger partial charge in [-0.2, -0.15) is 0 Å². The Balaban J connectivity index is 3.07. The highest BCUT2D eigenvalue weighted by molar-refractivity contribution is 6.06. The Hall–Kier alpha value is -1.25. The van der Waals surface area contributed by atoms with E-state index in [1.165, 1.54) is 4.48 Å². The summed E-state index contributed by atoms with van der Waals surface area (Å²) in [5.74, 6) is 0. The van der Waals surface area contributed by atoms with Gasteiger partial charge in [0.05, 0.1) is 0 Å². The second kappa shape index (κ2) is 2.37. The highest BCUT2D eigenvalue weighted by Crippen LogP contribution is 1.89. The number of hydrogen-bond donors (Lipinski definition) is 0. The van der Waals surface area contributed by atoms with Gasteiger partial charge in [-0.15, -0.1) is 0 Å². The molecule has 0 bridgehead atoms. The summed E-state index contributed by atoms with van der Waals surface area (Å²) < 4.78 is 1.19. The molecule has 1 aliphatic carbocycles. The molecular formula is C9H8BNO. The third-order valence-electron chi connectivity index (χ3n) is 2.16. The summed E-state index contributed by atoms with van der Waals surface area (Å²) in [6.07, 6.45) is 4.78. The fourth-order valence-corrected chi connectivity index (χ4v) is 1.46. The van der Waals surface area contributed by atoms with Crippen molar-refractivity contribution in [3.05, 3.63) is 32.6 Å². The Morgan fingerprint density at radius 2 is 2.25 bits per heavy atom. The molecule has 0 amide bonds. The van der Waals surface area contributed by atoms with Crippen LogP contribution in [0.4, 0.5) is 0 Å². The zero-order chi connectivity index (χ0) is 8.72. The Kier molecular flexibility index (Phi) is 1.46. The van der Waals surface area contributed by atoms with E-state index in [-0.39, 0.29) is 5.56 Å². The molecule has 2 nitrogen and oxygen atoms in total. The number of hydrogen-bond acceptors (Lipinski definition) is 1. The van der Waals surface area contributed by atoms with E-state index in [2.05, 4.69) is 0 Å². The van der Waals surface area contributed by atoms with Gasteiger partial charge in [-0.25, -0.2) is 0 Å². The summed E-state index contributed by atoms with van der Waals surface area (Å²) >= 11 is 0. The predicted molar refractivity (Wildman–Crippen MR) is 49.4 cm³/mol. The lowest BCUT2D eigenvalue weighted by molar-refractivity contribution is 1.02. The van der Waals surface area contributed by atoms with Crippen LogP contribution in [0, 0.1) is 6.92 Å². The van der Waals surface area contributed by atoms with Gasteiger partial charge in [0.2, 0.25) is 13.5 Å². The van der Waals surface area contributed by atoms with E-state index in [0.29, 0.717) is 0 Å². The van der Waals surface area contributed by atoms with Crippen molar-refractivity contribution in [2.24, 2.45) is 0 Å². The van der Waals surface area contributed by atoms with Crippen LogP contribution in [0.2, 0.25) is 0 Å². The molecule has 0 fully saturated rings. The zero-order valence-corrected chi connectivity index (χ0v) is 6.87. The van der Waals surface area contributed by atoms with Crippen molar-refractivity contribution in [1.29, 1.82) is 0 Å². The van der Waals surface area contributed by atoms with Crippen LogP contribution in [0.25, 0.3) is 12.2 Å². The molecule has 1 aromatic heterocycles. The molecule has 0 aliphatic heterocycles. The molecule has 58 valence electrons. The van der Waals surface area contributed by atoms with Crippen molar-refractivity contribution >= 4 is 20.1 Å². The highest BCUT2D eigenvalue weighted by Gasteiger charge is 2.01. The standard InChI is InChI=1S/C9H8BNO/c1-6-5-7-3-2-4-8(7)9(12)11(6)10/h3-5H,2H2,1H3. The summed E-state index contributed by atoms with van der Waals surface area (Å²) in [4.78, 5) is 11.5. The Morgan fingerprint density at radius 1 is 1.50 bits per heavy atom. The maximum absolute atomic E-state index is 11.5. The molecular weight excluding hydrogens is 149 g/mol. The summed E-state index contributed by atoms with van der Waals surface area (Å²) in [6, 6.07) is 1.93. The lowest BCUT2D eigenvalue weighted by atomic mass is 10.2. The van der Waals surface area contributed by atoms with E-state index in [1.54, 1.807) is 0 Å². The van der Waals surface area contributed by atoms with E-state index >= 15 is 0 Å². The van der Waals surface area contributed by atoms with E-state index in [0.717, 1.165) is 22.6 Å². The molecule has 0 spiro atoms. The third kappa shape index (κ3) is 0.859. The van der Waals surface area contributed by atoms with Crippen molar-refractivity contribution in [1.82, 2.24) is 4.48 Å². The number of rotatable bonds is 0. The first-order chi connectivity index (χ1) is 5.70. The van der Waals surface area contributed by atoms with E-state index in [1.807, 2.05) is 25.1 Å². The van der Waals surface area contributed by atoms with Gasteiger partial charge in [0.15, 0.2) is 0 Å². The largest absolute Gasteiger partial charge is 0.369 e. The Bertz CT molecular complexity index is 498. The lowest BCUT2D eigenvalue weighted by Crippen LogP contribution is -2.43. The average Bonchev–Trinajstić information content (AvgIpc) is 2.48. The van der Waals surface area contributed by atoms with E-state index < -0.39 is 0 Å². The maximum atomic E-state index is 11.5. The molecule has 2 radical (unpaired) electrons. The number of aromatic nitrogens is 1. The second-order valence-electron chi connectivity index (χ2n) is 2.97. The molecule has 0 aromatic carbocycles. The number of pyridine rings is 1. The SMILES string of the molecule is [B]n1c(C)cc2c(c1=O)=CCC=2. The van der Waals surface area contributed by atoms with E-state index in [4.69, 9.17) is 7.98 Å². The Labute approximate surface area is 71.3 Å². The topological polar surface area (TPSA) is 22.0 Å². The lowest BCUT2D eigenvalue weighted by Gasteiger charge is -2.01. The fourth-order valence-electron chi connectivity index (χ4n) is 1.46. The van der Waals surface area contributed by atoms with Crippen LogP contribution >= 0.6 is 0 Å². The minimum absolute atomic E-state index is 0.0984. The smallest absolute Gasteiger partial charge is 0.245 e. The molecule has 2 rings (SSSR count). The third-order valence-corrected chi connectivity index (χ3v) is 2.16. The van der Waals surface area contributed by atoms with Crippen LogP contribution in [0.15, 0.2) is 10.9 Å². The van der Waals surface area contributed by atoms with Crippen molar-refractivity contribution in [3.8, 4) is 0 Å². The van der Waals surface area contributed by atoms with Gasteiger partial charge in [0.25, 0.3) is 0 Å². The quantitative estimate of drug-likeness (QED) is 0.445. The zero-order valence-electron chi connectivity index (χ0n) is 6.87. The van der Waals surface area contributed by atoms with Gasteiger partial charge in [-0.3, -0.25) is 4.79 Å². The summed E-state index contributed by atoms with van der Waals surface area (Å²) in [6.45, 7) is 1.83. The van der Waals surface area contributed by atoms with Gasteiger partial charge in [-0.1, -0.05) is 12.2 Å². The van der Waals surface area contributed by atoms with Crippen molar-refractivity contribution in [2.75, 3.05) is 0 Å². The van der Waals surface area contributed by atoms with Crippen LogP contribution in [0.5, 0.6) is 0 Å². The van der Waals surface area contributed by atoms with Crippen molar-refractivity contribution in [2.45, 2.75) is 13.3 Å². The number of nitrogens with zero attached hydrogens (tertiary/aromatic N) is 1. The fraction of sp³-hybridized carbons (Fsp3) is 0.222. The van der Waals surface area contributed by atoms with Crippen LogP contribution in [-0.2, 0) is 0 Å². The molecule has 12 heavy (non-hydrogen) atoms. The van der Waals surface area contributed by atoms with E-state index in [9.17, 15) is 4.79 Å². The average molecular weight is 157 g/mol. The molecule has 1 aliphatic rings. The molecule has 0 unspecified atom stereocenters. The second-order valence-corrected chi connectivity index (χ2v) is 2.97. The van der Waals surface area contributed by atoms with Gasteiger partial charge >= 0.3 is 0 Å². The normalized spacial score (nSPS) is 13.4. The monoisotopic (exact) mass is 157 g/mol. The minimum Gasteiger partial charge on any atom is -0.369 e. The molecule has 0 saturated heterocycles. The summed E-state index contributed by atoms with van der Waals surface area (Å²) in [5, 5.41) is 1.75. The first kappa shape index (κ1) is 7.41. The molecule has 0 N–H and O–H groups in total. The summed E-state index contributed by atoms with van der Waals surface area (Å²) in [7, 11) is 5.53. The van der Waals surface area contributed by atoms with Crippen LogP contribution in [0.3, 0.4) is 0 Å². The molecule has 0 saturated carbocycles. The number of aryl methyl sites for hydroxylation is 1. The first-order valence-corrected chi connectivity index (χ1v) is 3.88. The molecule has 3 heteroatoms. The minimum atomic E-state index is -0.0984. The Morgan fingerprint density at radius 3 is 3.00 bits per heavy atom. The van der Waals surface area contributed by atoms with Gasteiger partial charge in [0, 0.05) is 10.9 Å². The van der Waals surface area contributed by atoms with Crippen molar-refractivity contribution in [3.63, 3.8) is 0 Å². The molecule has 1 aromatic rings. The predicted octanol–water partition coefficient (Wildman–Crippen LogP) is -0.947. The van der Waals surface area contributed by atoms with Crippen molar-refractivity contribution < 1.29 is 0 Å². The van der Waals surface area contributed by atoms with Gasteiger partial charge in [0.1, 0.15) is 0 Å². The van der Waals surface area contributed by atoms with Crippen LogP contribution in [-0.4, -0.2) is 12.5 Å². The maximum Gasteiger partial charge on any atom is 0.245 e. The first-order valence-electron chi connectivity index (χ1n) is 3.88. The summed E-state index contributed by atoms with van der Waals surface area (Å²) in [5.41, 5.74) is 0.698.